The van der Waals surface area contributed by atoms with Crippen LogP contribution in [0.15, 0.2) is 54.9 Å². The predicted octanol–water partition coefficient (Wildman–Crippen LogP) is 5.49. The number of anilines is 2. The fraction of sp³-hybridized carbons (Fsp3) is 0.100. The molecule has 7 heteroatoms. The molecular weight excluding hydrogens is 363 g/mol. The van der Waals surface area contributed by atoms with Crippen LogP contribution < -0.4 is 10.6 Å². The molecule has 0 saturated heterocycles. The monoisotopic (exact) mass is 380 g/mol. The van der Waals surface area contributed by atoms with Crippen molar-refractivity contribution in [1.29, 1.82) is 0 Å². The first-order valence-corrected chi connectivity index (χ1v) is 9.20. The number of thiophene rings is 1. The van der Waals surface area contributed by atoms with Gasteiger partial charge in [0.1, 0.15) is 15.6 Å². The molecule has 0 spiro atoms. The molecule has 0 aliphatic rings. The summed E-state index contributed by atoms with van der Waals surface area (Å²) in [6.45, 7) is 3.99. The Hall–Kier alpha value is -3.19. The highest BCUT2D eigenvalue weighted by Crippen LogP contribution is 2.39. The highest BCUT2D eigenvalue weighted by molar-refractivity contribution is 7.23. The molecule has 27 heavy (non-hydrogen) atoms. The van der Waals surface area contributed by atoms with Gasteiger partial charge in [-0.3, -0.25) is 5.32 Å². The zero-order chi connectivity index (χ0) is 19.0. The van der Waals surface area contributed by atoms with Gasteiger partial charge < -0.3 is 9.88 Å². The lowest BCUT2D eigenvalue weighted by Gasteiger charge is -2.10. The molecular formula is C20H17FN4OS. The minimum absolute atomic E-state index is 0.350. The number of nitrogens with one attached hydrogen (secondary N) is 2. The number of fused-ring (bicyclic) bond motifs is 1. The molecule has 3 aromatic heterocycles. The van der Waals surface area contributed by atoms with Crippen LogP contribution in [0.2, 0.25) is 0 Å². The van der Waals surface area contributed by atoms with E-state index in [2.05, 4.69) is 15.6 Å². The Morgan fingerprint density at radius 1 is 1.11 bits per heavy atom. The van der Waals surface area contributed by atoms with Crippen LogP contribution in [0, 0.1) is 19.7 Å². The summed E-state index contributed by atoms with van der Waals surface area (Å²) < 4.78 is 15.0. The van der Waals surface area contributed by atoms with E-state index in [1.807, 2.05) is 49.0 Å². The summed E-state index contributed by atoms with van der Waals surface area (Å²) in [5, 5.41) is 7.34. The van der Waals surface area contributed by atoms with E-state index in [0.29, 0.717) is 10.7 Å². The number of carbonyl (C=O) groups is 1. The number of pyridine rings is 1. The van der Waals surface area contributed by atoms with Gasteiger partial charge in [-0.1, -0.05) is 11.3 Å². The van der Waals surface area contributed by atoms with Gasteiger partial charge in [0.15, 0.2) is 0 Å². The number of carbonyl (C=O) groups excluding carboxylic acids is 1. The topological polar surface area (TPSA) is 59.0 Å². The molecule has 0 aliphatic heterocycles. The van der Waals surface area contributed by atoms with E-state index in [1.54, 1.807) is 0 Å². The molecule has 5 nitrogen and oxygen atoms in total. The minimum Gasteiger partial charge on any atom is -0.321 e. The molecule has 2 N–H and O–H groups in total. The number of hydrogen-bond donors (Lipinski definition) is 2. The second-order valence-corrected chi connectivity index (χ2v) is 7.22. The van der Waals surface area contributed by atoms with Crippen LogP contribution in [0.5, 0.6) is 0 Å². The van der Waals surface area contributed by atoms with Crippen molar-refractivity contribution in [2.24, 2.45) is 0 Å². The van der Waals surface area contributed by atoms with Gasteiger partial charge in [0.05, 0.1) is 5.69 Å². The maximum Gasteiger partial charge on any atom is 0.324 e. The highest BCUT2D eigenvalue weighted by Gasteiger charge is 2.19. The third-order valence-electron chi connectivity index (χ3n) is 4.15. The van der Waals surface area contributed by atoms with E-state index in [9.17, 15) is 9.18 Å². The fourth-order valence-electron chi connectivity index (χ4n) is 3.04. The summed E-state index contributed by atoms with van der Waals surface area (Å²) in [7, 11) is 0. The van der Waals surface area contributed by atoms with Crippen molar-refractivity contribution >= 4 is 38.3 Å². The van der Waals surface area contributed by atoms with E-state index in [4.69, 9.17) is 0 Å². The lowest BCUT2D eigenvalue weighted by atomic mass is 10.1. The standard InChI is InChI=1S/C20H17FN4OS/c1-12-11-13(2)22-18-16(12)17(25-9-3-4-10-25)19(27-18)24-20(26)23-15-7-5-14(21)6-8-15/h3-11H,1-2H3,(H2,23,24,26). The van der Waals surface area contributed by atoms with Crippen molar-refractivity contribution in [3.63, 3.8) is 0 Å². The molecule has 0 aliphatic carbocycles. The molecule has 4 rings (SSSR count). The molecule has 136 valence electrons. The maximum atomic E-state index is 13.0. The van der Waals surface area contributed by atoms with E-state index >= 15 is 0 Å². The SMILES string of the molecule is Cc1cc(C)c2c(-n3cccc3)c(NC(=O)Nc3ccc(F)cc3)sc2n1. The minimum atomic E-state index is -0.393. The molecule has 0 bridgehead atoms. The number of hydrogen-bond acceptors (Lipinski definition) is 3. The van der Waals surface area contributed by atoms with Crippen LogP contribution in [-0.2, 0) is 0 Å². The first-order chi connectivity index (χ1) is 13.0. The van der Waals surface area contributed by atoms with Crippen LogP contribution in [0.4, 0.5) is 19.9 Å². The predicted molar refractivity (Wildman–Crippen MR) is 107 cm³/mol. The zero-order valence-corrected chi connectivity index (χ0v) is 15.6. The van der Waals surface area contributed by atoms with Crippen LogP contribution in [-0.4, -0.2) is 15.6 Å². The molecule has 0 atom stereocenters. The number of urea groups is 1. The first kappa shape index (κ1) is 17.2. The Labute approximate surface area is 159 Å². The number of benzene rings is 1. The van der Waals surface area contributed by atoms with E-state index in [1.165, 1.54) is 35.6 Å². The quantitative estimate of drug-likeness (QED) is 0.494. The molecule has 0 radical (unpaired) electrons. The van der Waals surface area contributed by atoms with Gasteiger partial charge in [-0.05, 0) is 61.9 Å². The number of amides is 2. The number of nitrogens with zero attached hydrogens (tertiary/aromatic N) is 2. The van der Waals surface area contributed by atoms with Gasteiger partial charge in [0.2, 0.25) is 0 Å². The average Bonchev–Trinajstić information content (AvgIpc) is 3.24. The maximum absolute atomic E-state index is 13.0. The van der Waals surface area contributed by atoms with Gasteiger partial charge in [-0.15, -0.1) is 0 Å². The molecule has 0 unspecified atom stereocenters. The summed E-state index contributed by atoms with van der Waals surface area (Å²) in [5.41, 5.74) is 3.44. The Bertz CT molecular complexity index is 1120. The molecule has 0 fully saturated rings. The van der Waals surface area contributed by atoms with Crippen LogP contribution in [0.1, 0.15) is 11.3 Å². The lowest BCUT2D eigenvalue weighted by molar-refractivity contribution is 0.262. The Morgan fingerprint density at radius 2 is 1.81 bits per heavy atom. The first-order valence-electron chi connectivity index (χ1n) is 8.39. The summed E-state index contributed by atoms with van der Waals surface area (Å²) in [4.78, 5) is 18.0. The largest absolute Gasteiger partial charge is 0.324 e. The normalized spacial score (nSPS) is 10.9. The number of aryl methyl sites for hydroxylation is 2. The Kier molecular flexibility index (Phi) is 4.37. The highest BCUT2D eigenvalue weighted by atomic mass is 32.1. The van der Waals surface area contributed by atoms with E-state index in [0.717, 1.165) is 27.2 Å². The van der Waals surface area contributed by atoms with Gasteiger partial charge >= 0.3 is 6.03 Å². The number of rotatable bonds is 3. The smallest absolute Gasteiger partial charge is 0.321 e. The number of halogens is 1. The van der Waals surface area contributed by atoms with E-state index < -0.39 is 6.03 Å². The Balaban J connectivity index is 1.72. The summed E-state index contributed by atoms with van der Waals surface area (Å²) in [6.07, 6.45) is 3.87. The van der Waals surface area contributed by atoms with Crippen LogP contribution in [0.25, 0.3) is 15.9 Å². The van der Waals surface area contributed by atoms with Crippen molar-refractivity contribution in [2.45, 2.75) is 13.8 Å². The molecule has 1 aromatic carbocycles. The molecule has 4 aromatic rings. The zero-order valence-electron chi connectivity index (χ0n) is 14.8. The van der Waals surface area contributed by atoms with Crippen molar-refractivity contribution in [2.75, 3.05) is 10.6 Å². The second-order valence-electron chi connectivity index (χ2n) is 6.22. The molecule has 2 amide bonds. The van der Waals surface area contributed by atoms with Crippen molar-refractivity contribution in [3.8, 4) is 5.69 Å². The number of aromatic nitrogens is 2. The van der Waals surface area contributed by atoms with E-state index in [-0.39, 0.29) is 5.82 Å². The van der Waals surface area contributed by atoms with Gasteiger partial charge in [0.25, 0.3) is 0 Å². The van der Waals surface area contributed by atoms with Crippen LogP contribution in [0.3, 0.4) is 0 Å². The molecule has 0 saturated carbocycles. The van der Waals surface area contributed by atoms with Gasteiger partial charge in [0, 0.05) is 29.2 Å². The van der Waals surface area contributed by atoms with Gasteiger partial charge in [-0.25, -0.2) is 14.2 Å². The summed E-state index contributed by atoms with van der Waals surface area (Å²) >= 11 is 1.43. The third kappa shape index (κ3) is 3.41. The molecule has 3 heterocycles. The van der Waals surface area contributed by atoms with Gasteiger partial charge in [-0.2, -0.15) is 0 Å². The summed E-state index contributed by atoms with van der Waals surface area (Å²) in [5.74, 6) is -0.350. The fourth-order valence-corrected chi connectivity index (χ4v) is 4.23. The van der Waals surface area contributed by atoms with Crippen molar-refractivity contribution < 1.29 is 9.18 Å². The third-order valence-corrected chi connectivity index (χ3v) is 5.14. The van der Waals surface area contributed by atoms with Crippen molar-refractivity contribution in [3.05, 3.63) is 71.9 Å². The van der Waals surface area contributed by atoms with Crippen molar-refractivity contribution in [1.82, 2.24) is 9.55 Å². The Morgan fingerprint density at radius 3 is 2.52 bits per heavy atom. The second kappa shape index (κ2) is 6.85. The average molecular weight is 380 g/mol. The lowest BCUT2D eigenvalue weighted by Crippen LogP contribution is -2.19. The van der Waals surface area contributed by atoms with Crippen LogP contribution >= 0.6 is 11.3 Å². The summed E-state index contributed by atoms with van der Waals surface area (Å²) in [6, 6.07) is 11.1.